The van der Waals surface area contributed by atoms with Gasteiger partial charge in [0.05, 0.1) is 6.20 Å². The molecule has 0 radical (unpaired) electrons. The van der Waals surface area contributed by atoms with Gasteiger partial charge in [-0.3, -0.25) is 0 Å². The van der Waals surface area contributed by atoms with Crippen molar-refractivity contribution in [3.63, 3.8) is 0 Å². The van der Waals surface area contributed by atoms with E-state index in [0.717, 1.165) is 17.4 Å². The minimum absolute atomic E-state index is 0.129. The largest absolute Gasteiger partial charge is 0.475 e. The lowest BCUT2D eigenvalue weighted by molar-refractivity contribution is 0.0677. The molecule has 12 heavy (non-hydrogen) atoms. The Balaban J connectivity index is 2.46. The summed E-state index contributed by atoms with van der Waals surface area (Å²) in [5.74, 6) is -0.836. The molecule has 1 heterocycles. The van der Waals surface area contributed by atoms with E-state index in [9.17, 15) is 4.79 Å². The number of imidazole rings is 1. The number of carboxylic acids is 1. The van der Waals surface area contributed by atoms with Crippen LogP contribution >= 0.6 is 15.9 Å². The summed E-state index contributed by atoms with van der Waals surface area (Å²) >= 11 is 3.26. The molecule has 0 unspecified atom stereocenters. The van der Waals surface area contributed by atoms with Crippen LogP contribution in [0.15, 0.2) is 10.8 Å². The molecule has 1 aliphatic carbocycles. The number of aromatic nitrogens is 2. The van der Waals surface area contributed by atoms with Crippen molar-refractivity contribution in [3.05, 3.63) is 16.6 Å². The molecule has 0 aromatic carbocycles. The van der Waals surface area contributed by atoms with Crippen molar-refractivity contribution in [1.82, 2.24) is 9.55 Å². The molecule has 0 amide bonds. The number of hydrogen-bond donors (Lipinski definition) is 1. The monoisotopic (exact) mass is 230 g/mol. The van der Waals surface area contributed by atoms with Crippen molar-refractivity contribution in [3.8, 4) is 0 Å². The fourth-order valence-corrected chi connectivity index (χ4v) is 1.74. The first-order chi connectivity index (χ1) is 5.70. The van der Waals surface area contributed by atoms with Crippen molar-refractivity contribution in [1.29, 1.82) is 0 Å². The van der Waals surface area contributed by atoms with Crippen molar-refractivity contribution in [2.45, 2.75) is 18.9 Å². The third kappa shape index (κ3) is 1.14. The zero-order valence-electron chi connectivity index (χ0n) is 6.20. The van der Waals surface area contributed by atoms with Crippen molar-refractivity contribution in [2.24, 2.45) is 0 Å². The van der Waals surface area contributed by atoms with E-state index in [0.29, 0.717) is 6.04 Å². The predicted molar refractivity (Wildman–Crippen MR) is 45.2 cm³/mol. The van der Waals surface area contributed by atoms with Gasteiger partial charge >= 0.3 is 5.97 Å². The molecule has 5 heteroatoms. The van der Waals surface area contributed by atoms with Crippen LogP contribution < -0.4 is 0 Å². The zero-order valence-corrected chi connectivity index (χ0v) is 7.78. The molecule has 1 N–H and O–H groups in total. The van der Waals surface area contributed by atoms with Crippen molar-refractivity contribution < 1.29 is 9.90 Å². The summed E-state index contributed by atoms with van der Waals surface area (Å²) in [6.07, 6.45) is 3.63. The van der Waals surface area contributed by atoms with E-state index in [1.165, 1.54) is 6.20 Å². The molecule has 4 nitrogen and oxygen atoms in total. The second-order valence-corrected chi connectivity index (χ2v) is 3.62. The second kappa shape index (κ2) is 2.58. The van der Waals surface area contributed by atoms with Crippen LogP contribution in [0.1, 0.15) is 29.5 Å². The highest BCUT2D eigenvalue weighted by Crippen LogP contribution is 2.38. The minimum Gasteiger partial charge on any atom is -0.475 e. The highest BCUT2D eigenvalue weighted by Gasteiger charge is 2.29. The lowest BCUT2D eigenvalue weighted by atomic mass is 10.5. The van der Waals surface area contributed by atoms with Crippen LogP contribution in [0.5, 0.6) is 0 Å². The Kier molecular flexibility index (Phi) is 1.68. The summed E-state index contributed by atoms with van der Waals surface area (Å²) in [6.45, 7) is 0. The van der Waals surface area contributed by atoms with Gasteiger partial charge in [-0.2, -0.15) is 0 Å². The number of hydrogen-bond acceptors (Lipinski definition) is 2. The van der Waals surface area contributed by atoms with Crippen LogP contribution in [-0.4, -0.2) is 20.6 Å². The van der Waals surface area contributed by atoms with E-state index < -0.39 is 5.97 Å². The highest BCUT2D eigenvalue weighted by molar-refractivity contribution is 9.10. The number of rotatable bonds is 2. The van der Waals surface area contributed by atoms with E-state index in [-0.39, 0.29) is 5.82 Å². The quantitative estimate of drug-likeness (QED) is 0.842. The van der Waals surface area contributed by atoms with Crippen molar-refractivity contribution in [2.75, 3.05) is 0 Å². The summed E-state index contributed by atoms with van der Waals surface area (Å²) in [7, 11) is 0. The Morgan fingerprint density at radius 1 is 1.75 bits per heavy atom. The molecule has 2 rings (SSSR count). The summed E-state index contributed by atoms with van der Waals surface area (Å²) in [6, 6.07) is 0.341. The zero-order chi connectivity index (χ0) is 8.72. The van der Waals surface area contributed by atoms with Gasteiger partial charge in [-0.15, -0.1) is 0 Å². The molecule has 1 saturated carbocycles. The molecule has 0 spiro atoms. The SMILES string of the molecule is O=C(O)c1ncc(Br)n1C1CC1. The van der Waals surface area contributed by atoms with Gasteiger partial charge in [0.2, 0.25) is 5.82 Å². The van der Waals surface area contributed by atoms with E-state index in [4.69, 9.17) is 5.11 Å². The van der Waals surface area contributed by atoms with Crippen molar-refractivity contribution >= 4 is 21.9 Å². The van der Waals surface area contributed by atoms with E-state index in [1.54, 1.807) is 4.57 Å². The second-order valence-electron chi connectivity index (χ2n) is 2.81. The lowest BCUT2D eigenvalue weighted by Crippen LogP contribution is -2.08. The molecule has 1 aromatic heterocycles. The maximum Gasteiger partial charge on any atom is 0.372 e. The molecule has 64 valence electrons. The first-order valence-electron chi connectivity index (χ1n) is 3.66. The summed E-state index contributed by atoms with van der Waals surface area (Å²) < 4.78 is 2.48. The molecule has 0 saturated heterocycles. The predicted octanol–water partition coefficient (Wildman–Crippen LogP) is 1.68. The van der Waals surface area contributed by atoms with Crippen LogP contribution in [0.2, 0.25) is 0 Å². The third-order valence-electron chi connectivity index (χ3n) is 1.85. The van der Waals surface area contributed by atoms with Crippen LogP contribution in [0, 0.1) is 0 Å². The summed E-state index contributed by atoms with van der Waals surface area (Å²) in [4.78, 5) is 14.5. The average molecular weight is 231 g/mol. The minimum atomic E-state index is -0.965. The Morgan fingerprint density at radius 2 is 2.42 bits per heavy atom. The molecular formula is C7H7BrN2O2. The summed E-state index contributed by atoms with van der Waals surface area (Å²) in [5, 5.41) is 8.75. The average Bonchev–Trinajstić information content (AvgIpc) is 2.75. The van der Waals surface area contributed by atoms with Crippen LogP contribution in [-0.2, 0) is 0 Å². The molecule has 0 bridgehead atoms. The number of halogens is 1. The van der Waals surface area contributed by atoms with E-state index in [2.05, 4.69) is 20.9 Å². The van der Waals surface area contributed by atoms with Crippen LogP contribution in [0.4, 0.5) is 0 Å². The fourth-order valence-electron chi connectivity index (χ4n) is 1.18. The number of carbonyl (C=O) groups is 1. The summed E-state index contributed by atoms with van der Waals surface area (Å²) in [5.41, 5.74) is 0. The molecule has 0 aliphatic heterocycles. The molecule has 1 aromatic rings. The van der Waals surface area contributed by atoms with Gasteiger partial charge in [0.25, 0.3) is 0 Å². The first kappa shape index (κ1) is 7.79. The van der Waals surface area contributed by atoms with Gasteiger partial charge in [-0.05, 0) is 28.8 Å². The maximum atomic E-state index is 10.7. The highest BCUT2D eigenvalue weighted by atomic mass is 79.9. The van der Waals surface area contributed by atoms with Gasteiger partial charge in [0.1, 0.15) is 4.60 Å². The molecular weight excluding hydrogens is 224 g/mol. The molecule has 1 aliphatic rings. The lowest BCUT2D eigenvalue weighted by Gasteiger charge is -2.02. The molecule has 1 fully saturated rings. The smallest absolute Gasteiger partial charge is 0.372 e. The van der Waals surface area contributed by atoms with Gasteiger partial charge in [0, 0.05) is 6.04 Å². The van der Waals surface area contributed by atoms with Crippen LogP contribution in [0.3, 0.4) is 0 Å². The molecule has 0 atom stereocenters. The first-order valence-corrected chi connectivity index (χ1v) is 4.45. The third-order valence-corrected chi connectivity index (χ3v) is 2.44. The van der Waals surface area contributed by atoms with Gasteiger partial charge in [0.15, 0.2) is 0 Å². The van der Waals surface area contributed by atoms with Gasteiger partial charge < -0.3 is 9.67 Å². The Hall–Kier alpha value is -0.840. The maximum absolute atomic E-state index is 10.7. The Morgan fingerprint density at radius 3 is 2.92 bits per heavy atom. The van der Waals surface area contributed by atoms with Gasteiger partial charge in [-0.1, -0.05) is 0 Å². The van der Waals surface area contributed by atoms with E-state index >= 15 is 0 Å². The normalized spacial score (nSPS) is 16.4. The number of aromatic carboxylic acids is 1. The fraction of sp³-hybridized carbons (Fsp3) is 0.429. The number of carboxylic acid groups (broad SMARTS) is 1. The Bertz CT molecular complexity index is 330. The van der Waals surface area contributed by atoms with Crippen LogP contribution in [0.25, 0.3) is 0 Å². The van der Waals surface area contributed by atoms with Gasteiger partial charge in [-0.25, -0.2) is 9.78 Å². The Labute approximate surface area is 77.3 Å². The number of nitrogens with zero attached hydrogens (tertiary/aromatic N) is 2. The van der Waals surface area contributed by atoms with E-state index in [1.807, 2.05) is 0 Å². The standard InChI is InChI=1S/C7H7BrN2O2/c8-5-3-9-6(7(11)12)10(5)4-1-2-4/h3-4H,1-2H2,(H,11,12). The topological polar surface area (TPSA) is 55.1 Å².